The number of hydrogen-bond acceptors (Lipinski definition) is 2. The standard InChI is InChI=1S/C16H23NO2/c1-11-6-8-14(9-7-11)17-15(16(18)19)13-5-3-4-12(2)10-13/h6-9,12-13,15,17H,3-5,10H2,1-2H3,(H,18,19). The van der Waals surface area contributed by atoms with Crippen molar-refractivity contribution in [2.45, 2.75) is 45.6 Å². The van der Waals surface area contributed by atoms with Crippen LogP contribution in [0, 0.1) is 18.8 Å². The van der Waals surface area contributed by atoms with Crippen LogP contribution in [0.1, 0.15) is 38.2 Å². The molecular formula is C16H23NO2. The third-order valence-corrected chi connectivity index (χ3v) is 4.09. The van der Waals surface area contributed by atoms with Gasteiger partial charge in [0.15, 0.2) is 0 Å². The SMILES string of the molecule is Cc1ccc(NC(C(=O)O)C2CCCC(C)C2)cc1. The van der Waals surface area contributed by atoms with Gasteiger partial charge >= 0.3 is 5.97 Å². The third kappa shape index (κ3) is 3.72. The number of anilines is 1. The van der Waals surface area contributed by atoms with E-state index in [1.165, 1.54) is 12.0 Å². The van der Waals surface area contributed by atoms with E-state index in [2.05, 4.69) is 12.2 Å². The molecule has 0 heterocycles. The minimum atomic E-state index is -0.736. The normalized spacial score (nSPS) is 24.7. The molecule has 104 valence electrons. The lowest BCUT2D eigenvalue weighted by molar-refractivity contribution is -0.139. The molecule has 0 aromatic heterocycles. The summed E-state index contributed by atoms with van der Waals surface area (Å²) in [5, 5.41) is 12.7. The Hall–Kier alpha value is -1.51. The van der Waals surface area contributed by atoms with Gasteiger partial charge in [-0.05, 0) is 43.7 Å². The predicted octanol–water partition coefficient (Wildman–Crippen LogP) is 3.69. The van der Waals surface area contributed by atoms with E-state index in [4.69, 9.17) is 0 Å². The van der Waals surface area contributed by atoms with Crippen molar-refractivity contribution in [1.82, 2.24) is 0 Å². The van der Waals surface area contributed by atoms with E-state index in [9.17, 15) is 9.90 Å². The first-order valence-corrected chi connectivity index (χ1v) is 7.12. The van der Waals surface area contributed by atoms with Crippen LogP contribution in [-0.4, -0.2) is 17.1 Å². The molecule has 0 amide bonds. The zero-order valence-corrected chi connectivity index (χ0v) is 11.7. The molecule has 2 N–H and O–H groups in total. The van der Waals surface area contributed by atoms with Crippen LogP contribution in [0.3, 0.4) is 0 Å². The maximum absolute atomic E-state index is 11.5. The first-order valence-electron chi connectivity index (χ1n) is 7.12. The van der Waals surface area contributed by atoms with Crippen LogP contribution in [0.5, 0.6) is 0 Å². The quantitative estimate of drug-likeness (QED) is 0.869. The van der Waals surface area contributed by atoms with Gasteiger partial charge in [0.05, 0.1) is 0 Å². The number of rotatable bonds is 4. The lowest BCUT2D eigenvalue weighted by atomic mass is 9.78. The molecule has 0 bridgehead atoms. The van der Waals surface area contributed by atoms with E-state index in [1.807, 2.05) is 31.2 Å². The number of aryl methyl sites for hydroxylation is 1. The van der Waals surface area contributed by atoms with Gasteiger partial charge in [0.2, 0.25) is 0 Å². The fraction of sp³-hybridized carbons (Fsp3) is 0.562. The van der Waals surface area contributed by atoms with Crippen molar-refractivity contribution in [3.05, 3.63) is 29.8 Å². The maximum atomic E-state index is 11.5. The van der Waals surface area contributed by atoms with Crippen LogP contribution < -0.4 is 5.32 Å². The molecule has 3 nitrogen and oxygen atoms in total. The maximum Gasteiger partial charge on any atom is 0.326 e. The van der Waals surface area contributed by atoms with Gasteiger partial charge in [-0.3, -0.25) is 0 Å². The average molecular weight is 261 g/mol. The summed E-state index contributed by atoms with van der Waals surface area (Å²) in [6.07, 6.45) is 4.40. The average Bonchev–Trinajstić information content (AvgIpc) is 2.37. The molecule has 0 spiro atoms. The van der Waals surface area contributed by atoms with Gasteiger partial charge < -0.3 is 10.4 Å². The molecule has 1 fully saturated rings. The van der Waals surface area contributed by atoms with Crippen LogP contribution in [0.25, 0.3) is 0 Å². The molecule has 2 rings (SSSR count). The Kier molecular flexibility index (Phi) is 4.46. The van der Waals surface area contributed by atoms with Crippen molar-refractivity contribution < 1.29 is 9.90 Å². The van der Waals surface area contributed by atoms with Crippen molar-refractivity contribution in [1.29, 1.82) is 0 Å². The second-order valence-corrected chi connectivity index (χ2v) is 5.86. The van der Waals surface area contributed by atoms with E-state index >= 15 is 0 Å². The summed E-state index contributed by atoms with van der Waals surface area (Å²) in [6.45, 7) is 4.25. The molecule has 0 aliphatic heterocycles. The Morgan fingerprint density at radius 3 is 2.58 bits per heavy atom. The molecule has 0 radical (unpaired) electrons. The van der Waals surface area contributed by atoms with Gasteiger partial charge in [0, 0.05) is 5.69 Å². The van der Waals surface area contributed by atoms with Crippen LogP contribution >= 0.6 is 0 Å². The van der Waals surface area contributed by atoms with Gasteiger partial charge in [-0.1, -0.05) is 37.5 Å². The molecule has 0 saturated heterocycles. The van der Waals surface area contributed by atoms with Crippen molar-refractivity contribution in [3.63, 3.8) is 0 Å². The highest BCUT2D eigenvalue weighted by Crippen LogP contribution is 2.32. The topological polar surface area (TPSA) is 49.3 Å². The van der Waals surface area contributed by atoms with E-state index in [-0.39, 0.29) is 5.92 Å². The zero-order chi connectivity index (χ0) is 13.8. The molecule has 1 aromatic rings. The zero-order valence-electron chi connectivity index (χ0n) is 11.7. The van der Waals surface area contributed by atoms with E-state index in [1.54, 1.807) is 0 Å². The fourth-order valence-electron chi connectivity index (χ4n) is 2.99. The first-order chi connectivity index (χ1) is 9.06. The minimum Gasteiger partial charge on any atom is -0.480 e. The number of hydrogen-bond donors (Lipinski definition) is 2. The fourth-order valence-corrected chi connectivity index (χ4v) is 2.99. The highest BCUT2D eigenvalue weighted by molar-refractivity contribution is 5.77. The summed E-state index contributed by atoms with van der Waals surface area (Å²) in [6, 6.07) is 7.45. The second kappa shape index (κ2) is 6.09. The Balaban J connectivity index is 2.07. The summed E-state index contributed by atoms with van der Waals surface area (Å²) >= 11 is 0. The summed E-state index contributed by atoms with van der Waals surface area (Å²) in [5.41, 5.74) is 2.08. The Morgan fingerprint density at radius 1 is 1.32 bits per heavy atom. The molecule has 3 heteroatoms. The molecule has 1 saturated carbocycles. The number of carboxylic acids is 1. The van der Waals surface area contributed by atoms with Gasteiger partial charge in [-0.2, -0.15) is 0 Å². The summed E-state index contributed by atoms with van der Waals surface area (Å²) in [7, 11) is 0. The number of nitrogens with one attached hydrogen (secondary N) is 1. The Labute approximate surface area is 115 Å². The summed E-state index contributed by atoms with van der Waals surface area (Å²) in [5.74, 6) is 0.141. The van der Waals surface area contributed by atoms with Crippen molar-refractivity contribution in [2.24, 2.45) is 11.8 Å². The van der Waals surface area contributed by atoms with Crippen molar-refractivity contribution >= 4 is 11.7 Å². The molecule has 1 aromatic carbocycles. The Bertz CT molecular complexity index is 427. The first kappa shape index (κ1) is 13.9. The van der Waals surface area contributed by atoms with E-state index in [0.717, 1.165) is 24.9 Å². The minimum absolute atomic E-state index is 0.238. The lowest BCUT2D eigenvalue weighted by Gasteiger charge is -2.32. The van der Waals surface area contributed by atoms with E-state index < -0.39 is 12.0 Å². The molecule has 1 aliphatic rings. The lowest BCUT2D eigenvalue weighted by Crippen LogP contribution is -2.39. The van der Waals surface area contributed by atoms with Crippen LogP contribution in [0.4, 0.5) is 5.69 Å². The molecule has 1 aliphatic carbocycles. The van der Waals surface area contributed by atoms with Gasteiger partial charge in [0.1, 0.15) is 6.04 Å². The van der Waals surface area contributed by atoms with Crippen LogP contribution in [-0.2, 0) is 4.79 Å². The Morgan fingerprint density at radius 2 is 2.00 bits per heavy atom. The molecular weight excluding hydrogens is 238 g/mol. The number of aliphatic carboxylic acids is 1. The molecule has 3 atom stereocenters. The van der Waals surface area contributed by atoms with Gasteiger partial charge in [-0.25, -0.2) is 4.79 Å². The van der Waals surface area contributed by atoms with Crippen LogP contribution in [0.2, 0.25) is 0 Å². The summed E-state index contributed by atoms with van der Waals surface area (Å²) in [4.78, 5) is 11.5. The van der Waals surface area contributed by atoms with Crippen LogP contribution in [0.15, 0.2) is 24.3 Å². The van der Waals surface area contributed by atoms with Crippen molar-refractivity contribution in [2.75, 3.05) is 5.32 Å². The number of benzene rings is 1. The highest BCUT2D eigenvalue weighted by Gasteiger charge is 2.31. The van der Waals surface area contributed by atoms with Crippen molar-refractivity contribution in [3.8, 4) is 0 Å². The largest absolute Gasteiger partial charge is 0.480 e. The predicted molar refractivity (Wildman–Crippen MR) is 77.3 cm³/mol. The van der Waals surface area contributed by atoms with E-state index in [0.29, 0.717) is 5.92 Å². The van der Waals surface area contributed by atoms with Gasteiger partial charge in [0.25, 0.3) is 0 Å². The number of carbonyl (C=O) groups is 1. The monoisotopic (exact) mass is 261 g/mol. The highest BCUT2D eigenvalue weighted by atomic mass is 16.4. The molecule has 19 heavy (non-hydrogen) atoms. The molecule has 3 unspecified atom stereocenters. The summed E-state index contributed by atoms with van der Waals surface area (Å²) < 4.78 is 0. The smallest absolute Gasteiger partial charge is 0.326 e. The van der Waals surface area contributed by atoms with Gasteiger partial charge in [-0.15, -0.1) is 0 Å². The third-order valence-electron chi connectivity index (χ3n) is 4.09. The second-order valence-electron chi connectivity index (χ2n) is 5.86. The number of carboxylic acid groups (broad SMARTS) is 1.